The number of nitro groups is 1. The quantitative estimate of drug-likeness (QED) is 0.653. The summed E-state index contributed by atoms with van der Waals surface area (Å²) < 4.78 is 0. The van der Waals surface area contributed by atoms with Crippen LogP contribution in [0.4, 0.5) is 11.4 Å². The van der Waals surface area contributed by atoms with Crippen molar-refractivity contribution in [2.45, 2.75) is 0 Å². The molecule has 0 fully saturated rings. The molecule has 0 aliphatic heterocycles. The van der Waals surface area contributed by atoms with Gasteiger partial charge in [-0.1, -0.05) is 0 Å². The van der Waals surface area contributed by atoms with Crippen molar-refractivity contribution in [3.05, 3.63) is 58.7 Å². The average Bonchev–Trinajstić information content (AvgIpc) is 2.40. The first-order valence-corrected chi connectivity index (χ1v) is 4.98. The smallest absolute Gasteiger partial charge is 0.275 e. The maximum absolute atomic E-state index is 11.7. The van der Waals surface area contributed by atoms with Crippen molar-refractivity contribution in [3.63, 3.8) is 0 Å². The SMILES string of the molecule is O=C(Nc1ccc([N+](=O)[O-])cc1)c1cnccn1. The lowest BCUT2D eigenvalue weighted by molar-refractivity contribution is -0.384. The lowest BCUT2D eigenvalue weighted by Crippen LogP contribution is -2.13. The zero-order valence-electron chi connectivity index (χ0n) is 9.11. The molecule has 1 aromatic heterocycles. The highest BCUT2D eigenvalue weighted by Gasteiger charge is 2.09. The van der Waals surface area contributed by atoms with E-state index in [1.807, 2.05) is 0 Å². The monoisotopic (exact) mass is 244 g/mol. The van der Waals surface area contributed by atoms with Gasteiger partial charge in [-0.15, -0.1) is 0 Å². The number of anilines is 1. The van der Waals surface area contributed by atoms with Gasteiger partial charge in [0.1, 0.15) is 5.69 Å². The maximum Gasteiger partial charge on any atom is 0.275 e. The summed E-state index contributed by atoms with van der Waals surface area (Å²) in [6.07, 6.45) is 4.20. The van der Waals surface area contributed by atoms with Gasteiger partial charge in [0.25, 0.3) is 11.6 Å². The molecule has 1 heterocycles. The molecule has 7 nitrogen and oxygen atoms in total. The Kier molecular flexibility index (Phi) is 3.24. The van der Waals surface area contributed by atoms with Gasteiger partial charge in [-0.2, -0.15) is 0 Å². The van der Waals surface area contributed by atoms with Crippen molar-refractivity contribution in [2.24, 2.45) is 0 Å². The minimum absolute atomic E-state index is 0.0347. The summed E-state index contributed by atoms with van der Waals surface area (Å²) in [6.45, 7) is 0. The normalized spacial score (nSPS) is 9.78. The second-order valence-corrected chi connectivity index (χ2v) is 3.35. The van der Waals surface area contributed by atoms with Crippen molar-refractivity contribution in [2.75, 3.05) is 5.32 Å². The predicted octanol–water partition coefficient (Wildman–Crippen LogP) is 1.64. The van der Waals surface area contributed by atoms with Gasteiger partial charge in [0, 0.05) is 30.2 Å². The number of nitro benzene ring substituents is 1. The van der Waals surface area contributed by atoms with Gasteiger partial charge in [-0.3, -0.25) is 19.9 Å². The molecule has 1 amide bonds. The highest BCUT2D eigenvalue weighted by atomic mass is 16.6. The van der Waals surface area contributed by atoms with E-state index >= 15 is 0 Å². The molecule has 0 atom stereocenters. The van der Waals surface area contributed by atoms with E-state index in [1.54, 1.807) is 0 Å². The Morgan fingerprint density at radius 2 is 1.94 bits per heavy atom. The summed E-state index contributed by atoms with van der Waals surface area (Å²) >= 11 is 0. The molecule has 0 aliphatic carbocycles. The van der Waals surface area contributed by atoms with Crippen LogP contribution < -0.4 is 5.32 Å². The molecular formula is C11H8N4O3. The highest BCUT2D eigenvalue weighted by Crippen LogP contribution is 2.15. The zero-order valence-corrected chi connectivity index (χ0v) is 9.11. The Labute approximate surface area is 102 Å². The van der Waals surface area contributed by atoms with E-state index in [-0.39, 0.29) is 11.4 Å². The Morgan fingerprint density at radius 3 is 2.50 bits per heavy atom. The van der Waals surface area contributed by atoms with Gasteiger partial charge in [0.15, 0.2) is 0 Å². The third kappa shape index (κ3) is 2.64. The fourth-order valence-electron chi connectivity index (χ4n) is 1.28. The minimum Gasteiger partial charge on any atom is -0.321 e. The minimum atomic E-state index is -0.506. The van der Waals surface area contributed by atoms with Gasteiger partial charge in [-0.25, -0.2) is 4.98 Å². The van der Waals surface area contributed by atoms with Crippen LogP contribution in [-0.2, 0) is 0 Å². The number of benzene rings is 1. The molecule has 0 spiro atoms. The molecule has 0 saturated carbocycles. The van der Waals surface area contributed by atoms with E-state index in [2.05, 4.69) is 15.3 Å². The first kappa shape index (κ1) is 11.6. The molecule has 1 N–H and O–H groups in total. The molecule has 0 saturated heterocycles. The van der Waals surface area contributed by atoms with Crippen molar-refractivity contribution in [3.8, 4) is 0 Å². The van der Waals surface area contributed by atoms with Gasteiger partial charge < -0.3 is 5.32 Å². The molecule has 2 aromatic rings. The molecule has 18 heavy (non-hydrogen) atoms. The average molecular weight is 244 g/mol. The number of amides is 1. The molecule has 0 unspecified atom stereocenters. The molecule has 7 heteroatoms. The van der Waals surface area contributed by atoms with E-state index < -0.39 is 10.8 Å². The number of carbonyl (C=O) groups excluding carboxylic acids is 1. The largest absolute Gasteiger partial charge is 0.321 e. The summed E-state index contributed by atoms with van der Waals surface area (Å²) in [5.74, 6) is -0.419. The number of aromatic nitrogens is 2. The van der Waals surface area contributed by atoms with Crippen molar-refractivity contribution in [1.29, 1.82) is 0 Å². The van der Waals surface area contributed by atoms with Crippen LogP contribution in [0.5, 0.6) is 0 Å². The van der Waals surface area contributed by atoms with E-state index in [0.717, 1.165) is 0 Å². The maximum atomic E-state index is 11.7. The molecule has 0 bridgehead atoms. The number of carbonyl (C=O) groups is 1. The fourth-order valence-corrected chi connectivity index (χ4v) is 1.28. The van der Waals surface area contributed by atoms with Gasteiger partial charge >= 0.3 is 0 Å². The number of non-ortho nitro benzene ring substituents is 1. The van der Waals surface area contributed by atoms with Crippen LogP contribution in [0.2, 0.25) is 0 Å². The molecular weight excluding hydrogens is 236 g/mol. The number of nitrogens with zero attached hydrogens (tertiary/aromatic N) is 3. The predicted molar refractivity (Wildman–Crippen MR) is 63.1 cm³/mol. The zero-order chi connectivity index (χ0) is 13.0. The van der Waals surface area contributed by atoms with Crippen LogP contribution in [0.3, 0.4) is 0 Å². The second-order valence-electron chi connectivity index (χ2n) is 3.35. The van der Waals surface area contributed by atoms with E-state index in [4.69, 9.17) is 0 Å². The van der Waals surface area contributed by atoms with Crippen LogP contribution in [-0.4, -0.2) is 20.8 Å². The van der Waals surface area contributed by atoms with Crippen LogP contribution in [0.15, 0.2) is 42.9 Å². The standard InChI is InChI=1S/C11H8N4O3/c16-11(10-7-12-5-6-13-10)14-8-1-3-9(4-2-8)15(17)18/h1-7H,(H,14,16). The molecule has 2 rings (SSSR count). The summed E-state index contributed by atoms with van der Waals surface area (Å²) in [4.78, 5) is 29.2. The third-order valence-electron chi connectivity index (χ3n) is 2.13. The van der Waals surface area contributed by atoms with Crippen LogP contribution in [0, 0.1) is 10.1 Å². The molecule has 0 radical (unpaired) electrons. The van der Waals surface area contributed by atoms with Crippen molar-refractivity contribution >= 4 is 17.3 Å². The van der Waals surface area contributed by atoms with E-state index in [1.165, 1.54) is 42.9 Å². The van der Waals surface area contributed by atoms with E-state index in [9.17, 15) is 14.9 Å². The summed E-state index contributed by atoms with van der Waals surface area (Å²) in [7, 11) is 0. The Hall–Kier alpha value is -2.83. The first-order valence-electron chi connectivity index (χ1n) is 4.98. The summed E-state index contributed by atoms with van der Waals surface area (Å²) in [6, 6.07) is 5.53. The van der Waals surface area contributed by atoms with E-state index in [0.29, 0.717) is 5.69 Å². The van der Waals surface area contributed by atoms with Crippen LogP contribution in [0.1, 0.15) is 10.5 Å². The van der Waals surface area contributed by atoms with Gasteiger partial charge in [0.2, 0.25) is 0 Å². The van der Waals surface area contributed by atoms with Crippen molar-refractivity contribution in [1.82, 2.24) is 9.97 Å². The molecule has 1 aromatic carbocycles. The van der Waals surface area contributed by atoms with Gasteiger partial charge in [0.05, 0.1) is 11.1 Å². The Bertz CT molecular complexity index is 569. The number of hydrogen-bond acceptors (Lipinski definition) is 5. The molecule has 0 aliphatic rings. The third-order valence-corrected chi connectivity index (χ3v) is 2.13. The fraction of sp³-hybridized carbons (Fsp3) is 0. The number of nitrogens with one attached hydrogen (secondary N) is 1. The summed E-state index contributed by atoms with van der Waals surface area (Å²) in [5, 5.41) is 13.0. The highest BCUT2D eigenvalue weighted by molar-refractivity contribution is 6.02. The second kappa shape index (κ2) is 5.00. The number of hydrogen-bond donors (Lipinski definition) is 1. The summed E-state index contributed by atoms with van der Waals surface area (Å²) in [5.41, 5.74) is 0.597. The number of rotatable bonds is 3. The van der Waals surface area contributed by atoms with Crippen LogP contribution >= 0.6 is 0 Å². The lowest BCUT2D eigenvalue weighted by atomic mass is 10.3. The molecule has 90 valence electrons. The van der Waals surface area contributed by atoms with Crippen LogP contribution in [0.25, 0.3) is 0 Å². The lowest BCUT2D eigenvalue weighted by Gasteiger charge is -2.03. The van der Waals surface area contributed by atoms with Crippen molar-refractivity contribution < 1.29 is 9.72 Å². The Morgan fingerprint density at radius 1 is 1.22 bits per heavy atom. The topological polar surface area (TPSA) is 98.0 Å². The first-order chi connectivity index (χ1) is 8.66. The van der Waals surface area contributed by atoms with Gasteiger partial charge in [-0.05, 0) is 12.1 Å². The Balaban J connectivity index is 2.10.